The van der Waals surface area contributed by atoms with E-state index in [0.717, 1.165) is 0 Å². The summed E-state index contributed by atoms with van der Waals surface area (Å²) in [7, 11) is 0. The molecule has 0 radical (unpaired) electrons. The maximum Gasteiger partial charge on any atom is 0.230 e. The predicted octanol–water partition coefficient (Wildman–Crippen LogP) is -0.996. The fourth-order valence-corrected chi connectivity index (χ4v) is 4.56. The van der Waals surface area contributed by atoms with Gasteiger partial charge < -0.3 is 31.9 Å². The highest BCUT2D eigenvalue weighted by Gasteiger charge is 2.23. The van der Waals surface area contributed by atoms with E-state index in [2.05, 4.69) is 31.9 Å². The molecule has 0 aliphatic carbocycles. The fourth-order valence-electron chi connectivity index (χ4n) is 3.10. The second kappa shape index (κ2) is 23.9. The van der Waals surface area contributed by atoms with Crippen molar-refractivity contribution >= 4 is 82.5 Å². The van der Waals surface area contributed by atoms with Crippen LogP contribution in [0.1, 0.15) is 6.92 Å². The Labute approximate surface area is 254 Å². The van der Waals surface area contributed by atoms with E-state index in [0.29, 0.717) is 0 Å². The molecule has 0 atom stereocenters. The van der Waals surface area contributed by atoms with Gasteiger partial charge in [-0.15, -0.1) is 0 Å². The lowest BCUT2D eigenvalue weighted by molar-refractivity contribution is -0.127. The molecular formula is C24H44N6O6S4. The van der Waals surface area contributed by atoms with Crippen molar-refractivity contribution in [2.45, 2.75) is 6.92 Å². The Kier molecular flexibility index (Phi) is 22.8. The molecule has 0 aliphatic rings. The molecule has 0 bridgehead atoms. The third-order valence-electron chi connectivity index (χ3n) is 5.28. The number of thioether (sulfide) groups is 4. The van der Waals surface area contributed by atoms with Crippen LogP contribution < -0.4 is 31.9 Å². The quantitative estimate of drug-likeness (QED) is 0.0862. The minimum absolute atomic E-state index is 0.0854. The topological polar surface area (TPSA) is 175 Å². The van der Waals surface area contributed by atoms with Crippen molar-refractivity contribution in [2.24, 2.45) is 17.8 Å². The van der Waals surface area contributed by atoms with Gasteiger partial charge in [-0.3, -0.25) is 28.8 Å². The van der Waals surface area contributed by atoms with Gasteiger partial charge in [-0.25, -0.2) is 0 Å². The maximum absolute atomic E-state index is 12.8. The molecule has 0 heterocycles. The minimum atomic E-state index is -0.655. The van der Waals surface area contributed by atoms with Crippen molar-refractivity contribution < 1.29 is 28.8 Å². The summed E-state index contributed by atoms with van der Waals surface area (Å²) < 4.78 is 0. The molecular weight excluding hydrogens is 597 g/mol. The van der Waals surface area contributed by atoms with E-state index in [1.165, 1.54) is 47.0 Å². The van der Waals surface area contributed by atoms with Crippen molar-refractivity contribution in [2.75, 3.05) is 87.3 Å². The highest BCUT2D eigenvalue weighted by molar-refractivity contribution is 7.99. The van der Waals surface area contributed by atoms with Gasteiger partial charge in [0, 0.05) is 39.3 Å². The molecule has 0 aromatic rings. The van der Waals surface area contributed by atoms with Crippen LogP contribution in [0.2, 0.25) is 0 Å². The van der Waals surface area contributed by atoms with E-state index in [1.807, 2.05) is 6.92 Å². The molecule has 0 spiro atoms. The van der Waals surface area contributed by atoms with Crippen LogP contribution in [0.25, 0.3) is 0 Å². The molecule has 0 aromatic heterocycles. The summed E-state index contributed by atoms with van der Waals surface area (Å²) in [5, 5.41) is 16.5. The first-order chi connectivity index (χ1) is 19.1. The zero-order valence-electron chi connectivity index (χ0n) is 23.9. The van der Waals surface area contributed by atoms with E-state index in [-0.39, 0.29) is 104 Å². The van der Waals surface area contributed by atoms with Crippen molar-refractivity contribution in [1.29, 1.82) is 0 Å². The summed E-state index contributed by atoms with van der Waals surface area (Å²) in [5.41, 5.74) is 0. The number of hydrogen-bond acceptors (Lipinski definition) is 10. The number of hydrogen-bond donors (Lipinski definition) is 6. The van der Waals surface area contributed by atoms with Gasteiger partial charge in [0.05, 0.1) is 34.8 Å². The highest BCUT2D eigenvalue weighted by Crippen LogP contribution is 2.01. The summed E-state index contributed by atoms with van der Waals surface area (Å²) in [6, 6.07) is 0. The van der Waals surface area contributed by atoms with E-state index in [4.69, 9.17) is 0 Å². The molecule has 6 N–H and O–H groups in total. The Morgan fingerprint density at radius 3 is 0.925 bits per heavy atom. The van der Waals surface area contributed by atoms with Crippen molar-refractivity contribution in [1.82, 2.24) is 31.9 Å². The third-order valence-corrected chi connectivity index (χ3v) is 7.48. The van der Waals surface area contributed by atoms with Crippen LogP contribution >= 0.6 is 47.0 Å². The summed E-state index contributed by atoms with van der Waals surface area (Å²) in [6.07, 6.45) is 7.21. The summed E-state index contributed by atoms with van der Waals surface area (Å²) in [6.45, 7) is 2.71. The van der Waals surface area contributed by atoms with Gasteiger partial charge in [-0.05, 0) is 30.9 Å². The molecule has 0 saturated heterocycles. The average Bonchev–Trinajstić information content (AvgIpc) is 2.91. The van der Waals surface area contributed by atoms with E-state index < -0.39 is 11.8 Å². The first kappa shape index (κ1) is 38.2. The largest absolute Gasteiger partial charge is 0.355 e. The number of rotatable bonds is 22. The molecule has 0 saturated carbocycles. The van der Waals surface area contributed by atoms with Crippen LogP contribution in [0.4, 0.5) is 0 Å². The lowest BCUT2D eigenvalue weighted by Crippen LogP contribution is -2.48. The van der Waals surface area contributed by atoms with Crippen LogP contribution in [0, 0.1) is 17.8 Å². The van der Waals surface area contributed by atoms with Crippen molar-refractivity contribution in [3.8, 4) is 0 Å². The van der Waals surface area contributed by atoms with Gasteiger partial charge in [-0.2, -0.15) is 47.0 Å². The summed E-state index contributed by atoms with van der Waals surface area (Å²) >= 11 is 5.47. The van der Waals surface area contributed by atoms with E-state index in [9.17, 15) is 28.8 Å². The Morgan fingerprint density at radius 2 is 0.700 bits per heavy atom. The molecule has 12 nitrogen and oxygen atoms in total. The van der Waals surface area contributed by atoms with Crippen LogP contribution in [-0.4, -0.2) is 123 Å². The van der Waals surface area contributed by atoms with Gasteiger partial charge in [0.2, 0.25) is 35.4 Å². The SMILES string of the molecule is CSCC(=O)NCC(CNC(=O)CSC)C(=O)NCC(C)CNC(=O)C(CNC(=O)CSC)CNC(=O)CSC. The number of carbonyl (C=O) groups is 6. The minimum Gasteiger partial charge on any atom is -0.355 e. The lowest BCUT2D eigenvalue weighted by atomic mass is 10.1. The second-order valence-corrected chi connectivity index (χ2v) is 12.4. The van der Waals surface area contributed by atoms with E-state index >= 15 is 0 Å². The zero-order chi connectivity index (χ0) is 30.3. The van der Waals surface area contributed by atoms with Gasteiger partial charge in [-0.1, -0.05) is 6.92 Å². The van der Waals surface area contributed by atoms with Gasteiger partial charge in [0.25, 0.3) is 0 Å². The molecule has 40 heavy (non-hydrogen) atoms. The van der Waals surface area contributed by atoms with Crippen LogP contribution in [0.5, 0.6) is 0 Å². The first-order valence-electron chi connectivity index (χ1n) is 12.7. The molecule has 230 valence electrons. The monoisotopic (exact) mass is 640 g/mol. The van der Waals surface area contributed by atoms with Crippen molar-refractivity contribution in [3.05, 3.63) is 0 Å². The predicted molar refractivity (Wildman–Crippen MR) is 168 cm³/mol. The summed E-state index contributed by atoms with van der Waals surface area (Å²) in [4.78, 5) is 73.2. The average molecular weight is 641 g/mol. The third kappa shape index (κ3) is 19.3. The Hall–Kier alpha value is -1.78. The first-order valence-corrected chi connectivity index (χ1v) is 18.2. The Balaban J connectivity index is 4.92. The van der Waals surface area contributed by atoms with Gasteiger partial charge in [0.15, 0.2) is 0 Å². The number of carbonyl (C=O) groups excluding carboxylic acids is 6. The van der Waals surface area contributed by atoms with Crippen LogP contribution in [0.3, 0.4) is 0 Å². The molecule has 0 unspecified atom stereocenters. The van der Waals surface area contributed by atoms with Crippen LogP contribution in [-0.2, 0) is 28.8 Å². The van der Waals surface area contributed by atoms with E-state index in [1.54, 1.807) is 25.0 Å². The van der Waals surface area contributed by atoms with Crippen LogP contribution in [0.15, 0.2) is 0 Å². The second-order valence-electron chi connectivity index (χ2n) is 8.94. The van der Waals surface area contributed by atoms with Gasteiger partial charge >= 0.3 is 0 Å². The molecule has 0 fully saturated rings. The molecule has 16 heteroatoms. The molecule has 0 aliphatic heterocycles. The zero-order valence-corrected chi connectivity index (χ0v) is 27.2. The van der Waals surface area contributed by atoms with Crippen molar-refractivity contribution in [3.63, 3.8) is 0 Å². The standard InChI is InChI=1S/C24H44N6O6S4/c1-16(6-29-23(35)17(8-25-19(31)12-37-2)9-26-20(32)13-38-3)7-30-24(36)18(10-27-21(33)14-39-4)11-28-22(34)15-40-5/h16-18H,6-15H2,1-5H3,(H,25,31)(H,26,32)(H,27,33)(H,28,34)(H,29,35)(H,30,36). The van der Waals surface area contributed by atoms with Gasteiger partial charge in [0.1, 0.15) is 0 Å². The smallest absolute Gasteiger partial charge is 0.230 e. The molecule has 0 aromatic carbocycles. The maximum atomic E-state index is 12.8. The Bertz CT molecular complexity index is 715. The lowest BCUT2D eigenvalue weighted by Gasteiger charge is -2.21. The molecule has 6 amide bonds. The fraction of sp³-hybridized carbons (Fsp3) is 0.750. The normalized spacial score (nSPS) is 10.8. The number of nitrogens with one attached hydrogen (secondary N) is 6. The summed E-state index contributed by atoms with van der Waals surface area (Å²) in [5.74, 6) is -1.78. The Morgan fingerprint density at radius 1 is 0.450 bits per heavy atom. The highest BCUT2D eigenvalue weighted by atomic mass is 32.2. The number of amides is 6. The molecule has 0 rings (SSSR count).